The molecule has 2 aliphatic rings. The number of halogens is 3. The number of alkyl halides is 3. The Morgan fingerprint density at radius 1 is 1.15 bits per heavy atom. The molecule has 27 heavy (non-hydrogen) atoms. The molecule has 1 aliphatic carbocycles. The Labute approximate surface area is 159 Å². The number of carbonyl (C=O) groups excluding carboxylic acids is 1. The number of nitrogens with zero attached hydrogens (tertiary/aromatic N) is 3. The molecule has 2 aromatic rings. The van der Waals surface area contributed by atoms with Gasteiger partial charge in [0.15, 0.2) is 0 Å². The van der Waals surface area contributed by atoms with Gasteiger partial charge in [0.05, 0.1) is 23.4 Å². The summed E-state index contributed by atoms with van der Waals surface area (Å²) >= 11 is 1.66. The first-order valence-corrected chi connectivity index (χ1v) is 9.92. The number of thiazole rings is 1. The molecular formula is C19H20F3N3OS. The molecule has 1 aromatic heterocycles. The molecule has 4 nitrogen and oxygen atoms in total. The van der Waals surface area contributed by atoms with Gasteiger partial charge in [-0.2, -0.15) is 13.2 Å². The normalized spacial score (nSPS) is 18.7. The SMILES string of the molecule is O=C(c1ccccc1C(F)(F)F)N1CCN(Cc2nc(C3CC3)cs2)CC1. The van der Waals surface area contributed by atoms with Crippen LogP contribution in [0.5, 0.6) is 0 Å². The molecule has 1 aliphatic heterocycles. The number of hydrogen-bond donors (Lipinski definition) is 0. The van der Waals surface area contributed by atoms with E-state index >= 15 is 0 Å². The third-order valence-corrected chi connectivity index (χ3v) is 5.90. The summed E-state index contributed by atoms with van der Waals surface area (Å²) < 4.78 is 39.5. The van der Waals surface area contributed by atoms with E-state index in [1.165, 1.54) is 41.6 Å². The summed E-state index contributed by atoms with van der Waals surface area (Å²) in [6.45, 7) is 2.85. The zero-order chi connectivity index (χ0) is 19.0. The second kappa shape index (κ2) is 7.24. The summed E-state index contributed by atoms with van der Waals surface area (Å²) in [5.41, 5.74) is 0.0489. The third kappa shape index (κ3) is 4.16. The minimum absolute atomic E-state index is 0.271. The van der Waals surface area contributed by atoms with Crippen molar-refractivity contribution >= 4 is 17.2 Å². The first-order chi connectivity index (χ1) is 12.9. The summed E-state index contributed by atoms with van der Waals surface area (Å²) in [5, 5.41) is 3.19. The Balaban J connectivity index is 1.37. The van der Waals surface area contributed by atoms with Crippen LogP contribution >= 0.6 is 11.3 Å². The van der Waals surface area contributed by atoms with Gasteiger partial charge in [0.25, 0.3) is 5.91 Å². The average Bonchev–Trinajstić information content (AvgIpc) is 3.41. The van der Waals surface area contributed by atoms with E-state index in [1.54, 1.807) is 11.3 Å². The van der Waals surface area contributed by atoms with Gasteiger partial charge in [0.2, 0.25) is 0 Å². The van der Waals surface area contributed by atoms with Crippen molar-refractivity contribution < 1.29 is 18.0 Å². The van der Waals surface area contributed by atoms with E-state index in [4.69, 9.17) is 0 Å². The smallest absolute Gasteiger partial charge is 0.336 e. The Kier molecular flexibility index (Phi) is 4.94. The van der Waals surface area contributed by atoms with Crippen LogP contribution < -0.4 is 0 Å². The van der Waals surface area contributed by atoms with Gasteiger partial charge in [-0.25, -0.2) is 4.98 Å². The molecule has 0 radical (unpaired) electrons. The maximum absolute atomic E-state index is 13.2. The zero-order valence-electron chi connectivity index (χ0n) is 14.7. The molecule has 2 fully saturated rings. The van der Waals surface area contributed by atoms with E-state index in [1.807, 2.05) is 0 Å². The standard InChI is InChI=1S/C19H20F3N3OS/c20-19(21,22)15-4-2-1-3-14(15)18(26)25-9-7-24(8-10-25)11-17-23-16(12-27-17)13-5-6-13/h1-4,12-13H,5-11H2. The summed E-state index contributed by atoms with van der Waals surface area (Å²) in [4.78, 5) is 21.0. The monoisotopic (exact) mass is 395 g/mol. The third-order valence-electron chi connectivity index (χ3n) is 5.05. The van der Waals surface area contributed by atoms with Crippen molar-refractivity contribution in [1.82, 2.24) is 14.8 Å². The molecule has 0 unspecified atom stereocenters. The minimum atomic E-state index is -4.53. The van der Waals surface area contributed by atoms with Gasteiger partial charge < -0.3 is 4.90 Å². The molecular weight excluding hydrogens is 375 g/mol. The molecule has 1 aromatic carbocycles. The summed E-state index contributed by atoms with van der Waals surface area (Å²) in [5.74, 6) is 0.0889. The van der Waals surface area contributed by atoms with E-state index in [-0.39, 0.29) is 5.56 Å². The van der Waals surface area contributed by atoms with Gasteiger partial charge in [0, 0.05) is 37.5 Å². The summed E-state index contributed by atoms with van der Waals surface area (Å²) in [6, 6.07) is 5.00. The first kappa shape index (κ1) is 18.4. The van der Waals surface area contributed by atoms with Gasteiger partial charge in [0.1, 0.15) is 5.01 Å². The maximum Gasteiger partial charge on any atom is 0.417 e. The fraction of sp³-hybridized carbons (Fsp3) is 0.474. The van der Waals surface area contributed by atoms with E-state index in [0.29, 0.717) is 32.1 Å². The molecule has 0 spiro atoms. The highest BCUT2D eigenvalue weighted by molar-refractivity contribution is 7.09. The zero-order valence-corrected chi connectivity index (χ0v) is 15.5. The van der Waals surface area contributed by atoms with Crippen LogP contribution in [0.2, 0.25) is 0 Å². The molecule has 0 N–H and O–H groups in total. The lowest BCUT2D eigenvalue weighted by molar-refractivity contribution is -0.138. The lowest BCUT2D eigenvalue weighted by Crippen LogP contribution is -2.48. The Morgan fingerprint density at radius 3 is 2.52 bits per heavy atom. The van der Waals surface area contributed by atoms with Crippen LogP contribution in [-0.4, -0.2) is 46.9 Å². The van der Waals surface area contributed by atoms with Crippen LogP contribution in [0.1, 0.15) is 45.4 Å². The van der Waals surface area contributed by atoms with E-state index in [9.17, 15) is 18.0 Å². The van der Waals surface area contributed by atoms with Crippen molar-refractivity contribution in [1.29, 1.82) is 0 Å². The second-order valence-corrected chi connectivity index (χ2v) is 7.99. The number of amides is 1. The number of aromatic nitrogens is 1. The van der Waals surface area contributed by atoms with Crippen LogP contribution in [0.15, 0.2) is 29.6 Å². The van der Waals surface area contributed by atoms with E-state index in [0.717, 1.165) is 17.6 Å². The van der Waals surface area contributed by atoms with Crippen molar-refractivity contribution in [3.8, 4) is 0 Å². The minimum Gasteiger partial charge on any atom is -0.336 e. The quantitative estimate of drug-likeness (QED) is 0.785. The highest BCUT2D eigenvalue weighted by Gasteiger charge is 2.36. The summed E-state index contributed by atoms with van der Waals surface area (Å²) in [7, 11) is 0. The van der Waals surface area contributed by atoms with Crippen molar-refractivity contribution in [2.45, 2.75) is 31.5 Å². The number of benzene rings is 1. The Hall–Kier alpha value is -1.93. The molecule has 0 atom stereocenters. The highest BCUT2D eigenvalue weighted by atomic mass is 32.1. The van der Waals surface area contributed by atoms with Crippen LogP contribution in [0, 0.1) is 0 Å². The van der Waals surface area contributed by atoms with Gasteiger partial charge >= 0.3 is 6.18 Å². The predicted octanol–water partition coefficient (Wildman–Crippen LogP) is 4.00. The molecule has 1 saturated carbocycles. The Morgan fingerprint density at radius 2 is 1.85 bits per heavy atom. The molecule has 2 heterocycles. The fourth-order valence-electron chi connectivity index (χ4n) is 3.35. The van der Waals surface area contributed by atoms with Gasteiger partial charge in [-0.3, -0.25) is 9.69 Å². The fourth-order valence-corrected chi connectivity index (χ4v) is 4.27. The molecule has 1 amide bonds. The van der Waals surface area contributed by atoms with E-state index in [2.05, 4.69) is 15.3 Å². The van der Waals surface area contributed by atoms with E-state index < -0.39 is 17.6 Å². The molecule has 8 heteroatoms. The first-order valence-electron chi connectivity index (χ1n) is 9.04. The lowest BCUT2D eigenvalue weighted by Gasteiger charge is -2.34. The molecule has 144 valence electrons. The van der Waals surface area contributed by atoms with Crippen LogP contribution in [0.4, 0.5) is 13.2 Å². The summed E-state index contributed by atoms with van der Waals surface area (Å²) in [6.07, 6.45) is -2.08. The van der Waals surface area contributed by atoms with Crippen molar-refractivity contribution in [2.75, 3.05) is 26.2 Å². The number of carbonyl (C=O) groups is 1. The topological polar surface area (TPSA) is 36.4 Å². The van der Waals surface area contributed by atoms with Crippen LogP contribution in [-0.2, 0) is 12.7 Å². The van der Waals surface area contributed by atoms with Gasteiger partial charge in [-0.05, 0) is 25.0 Å². The molecule has 1 saturated heterocycles. The van der Waals surface area contributed by atoms with Gasteiger partial charge in [-0.15, -0.1) is 11.3 Å². The number of hydrogen-bond acceptors (Lipinski definition) is 4. The van der Waals surface area contributed by atoms with Crippen LogP contribution in [0.3, 0.4) is 0 Å². The second-order valence-electron chi connectivity index (χ2n) is 7.05. The molecule has 0 bridgehead atoms. The average molecular weight is 395 g/mol. The lowest BCUT2D eigenvalue weighted by atomic mass is 10.1. The van der Waals surface area contributed by atoms with Crippen LogP contribution in [0.25, 0.3) is 0 Å². The van der Waals surface area contributed by atoms with Crippen molar-refractivity contribution in [3.63, 3.8) is 0 Å². The van der Waals surface area contributed by atoms with Crippen molar-refractivity contribution in [3.05, 3.63) is 51.5 Å². The predicted molar refractivity (Wildman–Crippen MR) is 96.7 cm³/mol. The largest absolute Gasteiger partial charge is 0.417 e. The highest BCUT2D eigenvalue weighted by Crippen LogP contribution is 2.40. The maximum atomic E-state index is 13.2. The number of rotatable bonds is 4. The Bertz CT molecular complexity index is 824. The van der Waals surface area contributed by atoms with Crippen molar-refractivity contribution in [2.24, 2.45) is 0 Å². The van der Waals surface area contributed by atoms with Gasteiger partial charge in [-0.1, -0.05) is 12.1 Å². The molecule has 4 rings (SSSR count). The number of piperazine rings is 1.